The van der Waals surface area contributed by atoms with Crippen molar-refractivity contribution in [3.8, 4) is 0 Å². The molecule has 0 bridgehead atoms. The van der Waals surface area contributed by atoms with Crippen LogP contribution < -0.4 is 5.32 Å². The second kappa shape index (κ2) is 4.27. The number of rotatable bonds is 4. The largest absolute Gasteiger partial charge is 0.465 e. The molecule has 14 heavy (non-hydrogen) atoms. The van der Waals surface area contributed by atoms with Crippen molar-refractivity contribution in [1.82, 2.24) is 5.32 Å². The molecule has 0 saturated carbocycles. The highest BCUT2D eigenvalue weighted by Gasteiger charge is 2.40. The molecule has 5 nitrogen and oxygen atoms in total. The van der Waals surface area contributed by atoms with Gasteiger partial charge in [-0.1, -0.05) is 0 Å². The van der Waals surface area contributed by atoms with Crippen LogP contribution in [0.25, 0.3) is 0 Å². The van der Waals surface area contributed by atoms with E-state index >= 15 is 0 Å². The molecule has 1 aliphatic heterocycles. The Kier molecular flexibility index (Phi) is 3.49. The molecule has 1 aliphatic rings. The zero-order valence-electron chi connectivity index (χ0n) is 8.32. The summed E-state index contributed by atoms with van der Waals surface area (Å²) in [4.78, 5) is 11.4. The molecule has 1 atom stereocenters. The normalized spacial score (nSPS) is 19.9. The van der Waals surface area contributed by atoms with Gasteiger partial charge in [-0.25, -0.2) is 8.42 Å². The summed E-state index contributed by atoms with van der Waals surface area (Å²) in [5.41, 5.74) is 0. The molecular formula is C8H15NO4S. The summed E-state index contributed by atoms with van der Waals surface area (Å²) < 4.78 is 27.4. The number of carbonyl (C=O) groups excluding carboxylic acids is 1. The van der Waals surface area contributed by atoms with E-state index in [4.69, 9.17) is 4.74 Å². The highest BCUT2D eigenvalue weighted by atomic mass is 32.2. The van der Waals surface area contributed by atoms with Crippen LogP contribution in [0.2, 0.25) is 0 Å². The van der Waals surface area contributed by atoms with Crippen LogP contribution >= 0.6 is 0 Å². The van der Waals surface area contributed by atoms with Gasteiger partial charge in [-0.2, -0.15) is 0 Å². The third-order valence-corrected chi connectivity index (χ3v) is 3.72. The van der Waals surface area contributed by atoms with Crippen molar-refractivity contribution in [1.29, 1.82) is 0 Å². The highest BCUT2D eigenvalue weighted by Crippen LogP contribution is 2.18. The van der Waals surface area contributed by atoms with Crippen molar-refractivity contribution in [2.75, 3.05) is 26.0 Å². The Morgan fingerprint density at radius 2 is 2.14 bits per heavy atom. The SMILES string of the molecule is CCOC(=O)C(C1CNC1)S(C)(=O)=O. The third-order valence-electron chi connectivity index (χ3n) is 2.22. The quantitative estimate of drug-likeness (QED) is 0.628. The summed E-state index contributed by atoms with van der Waals surface area (Å²) in [6, 6.07) is 0. The van der Waals surface area contributed by atoms with Gasteiger partial charge in [0.1, 0.15) is 0 Å². The van der Waals surface area contributed by atoms with Crippen LogP contribution in [0, 0.1) is 5.92 Å². The predicted molar refractivity (Wildman–Crippen MR) is 51.6 cm³/mol. The molecule has 1 heterocycles. The lowest BCUT2D eigenvalue weighted by molar-refractivity contribution is -0.144. The molecule has 0 spiro atoms. The number of ether oxygens (including phenoxy) is 1. The second-order valence-electron chi connectivity index (χ2n) is 3.42. The molecule has 82 valence electrons. The number of hydrogen-bond acceptors (Lipinski definition) is 5. The molecule has 1 N–H and O–H groups in total. The average molecular weight is 221 g/mol. The molecule has 0 radical (unpaired) electrons. The zero-order valence-corrected chi connectivity index (χ0v) is 9.13. The van der Waals surface area contributed by atoms with Crippen molar-refractivity contribution in [2.45, 2.75) is 12.2 Å². The Labute approximate surface area is 83.7 Å². The first-order valence-corrected chi connectivity index (χ1v) is 6.48. The molecule has 1 unspecified atom stereocenters. The van der Waals surface area contributed by atoms with Gasteiger partial charge in [0.15, 0.2) is 15.1 Å². The fraction of sp³-hybridized carbons (Fsp3) is 0.875. The van der Waals surface area contributed by atoms with Crippen molar-refractivity contribution < 1.29 is 17.9 Å². The summed E-state index contributed by atoms with van der Waals surface area (Å²) in [6.07, 6.45) is 1.08. The van der Waals surface area contributed by atoms with Gasteiger partial charge in [0.2, 0.25) is 0 Å². The molecule has 1 saturated heterocycles. The molecule has 0 aromatic carbocycles. The van der Waals surface area contributed by atoms with Crippen molar-refractivity contribution >= 4 is 15.8 Å². The summed E-state index contributed by atoms with van der Waals surface area (Å²) in [5.74, 6) is -0.759. The van der Waals surface area contributed by atoms with Crippen LogP contribution in [-0.2, 0) is 19.4 Å². The van der Waals surface area contributed by atoms with E-state index < -0.39 is 21.1 Å². The van der Waals surface area contributed by atoms with E-state index in [1.807, 2.05) is 0 Å². The highest BCUT2D eigenvalue weighted by molar-refractivity contribution is 7.92. The van der Waals surface area contributed by atoms with Crippen molar-refractivity contribution in [2.24, 2.45) is 5.92 Å². The molecule has 0 aromatic heterocycles. The zero-order chi connectivity index (χ0) is 10.8. The summed E-state index contributed by atoms with van der Waals surface area (Å²) in [7, 11) is -3.36. The van der Waals surface area contributed by atoms with Crippen LogP contribution in [0.4, 0.5) is 0 Å². The van der Waals surface area contributed by atoms with E-state index in [0.29, 0.717) is 13.1 Å². The molecule has 6 heteroatoms. The van der Waals surface area contributed by atoms with E-state index in [9.17, 15) is 13.2 Å². The van der Waals surface area contributed by atoms with E-state index in [-0.39, 0.29) is 12.5 Å². The lowest BCUT2D eigenvalue weighted by atomic mass is 9.99. The first-order chi connectivity index (χ1) is 6.46. The summed E-state index contributed by atoms with van der Waals surface area (Å²) in [5, 5.41) is 1.94. The summed E-state index contributed by atoms with van der Waals surface area (Å²) in [6.45, 7) is 3.01. The lowest BCUT2D eigenvalue weighted by Crippen LogP contribution is -2.54. The van der Waals surface area contributed by atoms with Gasteiger partial charge in [0.25, 0.3) is 0 Å². The van der Waals surface area contributed by atoms with Crippen LogP contribution in [0.5, 0.6) is 0 Å². The molecule has 0 amide bonds. The Morgan fingerprint density at radius 3 is 2.43 bits per heavy atom. The standard InChI is InChI=1S/C8H15NO4S/c1-3-13-8(10)7(14(2,11)12)6-4-9-5-6/h6-7,9H,3-5H2,1-2H3. The number of esters is 1. The fourth-order valence-corrected chi connectivity index (χ4v) is 2.78. The van der Waals surface area contributed by atoms with E-state index in [1.54, 1.807) is 6.92 Å². The predicted octanol–water partition coefficient (Wildman–Crippen LogP) is -0.818. The van der Waals surface area contributed by atoms with E-state index in [0.717, 1.165) is 6.26 Å². The van der Waals surface area contributed by atoms with Gasteiger partial charge in [0, 0.05) is 25.3 Å². The number of hydrogen-bond donors (Lipinski definition) is 1. The first-order valence-electron chi connectivity index (χ1n) is 4.53. The molecular weight excluding hydrogens is 206 g/mol. The Balaban J connectivity index is 2.76. The van der Waals surface area contributed by atoms with Gasteiger partial charge < -0.3 is 10.1 Å². The van der Waals surface area contributed by atoms with Crippen LogP contribution in [-0.4, -0.2) is 45.6 Å². The second-order valence-corrected chi connectivity index (χ2v) is 5.59. The van der Waals surface area contributed by atoms with Crippen LogP contribution in [0.15, 0.2) is 0 Å². The van der Waals surface area contributed by atoms with Gasteiger partial charge in [-0.15, -0.1) is 0 Å². The Hall–Kier alpha value is -0.620. The van der Waals surface area contributed by atoms with Gasteiger partial charge in [-0.05, 0) is 6.92 Å². The maximum atomic E-state index is 11.4. The number of carbonyl (C=O) groups is 1. The van der Waals surface area contributed by atoms with Gasteiger partial charge in [0.05, 0.1) is 6.61 Å². The number of nitrogens with one attached hydrogen (secondary N) is 1. The smallest absolute Gasteiger partial charge is 0.324 e. The molecule has 0 aliphatic carbocycles. The molecule has 1 fully saturated rings. The molecule has 0 aromatic rings. The average Bonchev–Trinajstić information content (AvgIpc) is 1.94. The number of sulfone groups is 1. The van der Waals surface area contributed by atoms with E-state index in [1.165, 1.54) is 0 Å². The fourth-order valence-electron chi connectivity index (χ4n) is 1.47. The summed E-state index contributed by atoms with van der Waals surface area (Å²) >= 11 is 0. The Morgan fingerprint density at radius 1 is 1.57 bits per heavy atom. The van der Waals surface area contributed by atoms with Crippen molar-refractivity contribution in [3.63, 3.8) is 0 Å². The van der Waals surface area contributed by atoms with Crippen molar-refractivity contribution in [3.05, 3.63) is 0 Å². The minimum Gasteiger partial charge on any atom is -0.465 e. The maximum absolute atomic E-state index is 11.4. The first kappa shape index (κ1) is 11.5. The monoisotopic (exact) mass is 221 g/mol. The van der Waals surface area contributed by atoms with Gasteiger partial charge >= 0.3 is 5.97 Å². The minimum atomic E-state index is -3.36. The topological polar surface area (TPSA) is 72.5 Å². The Bertz CT molecular complexity index is 307. The third kappa shape index (κ3) is 2.45. The maximum Gasteiger partial charge on any atom is 0.324 e. The van der Waals surface area contributed by atoms with Crippen LogP contribution in [0.1, 0.15) is 6.92 Å². The van der Waals surface area contributed by atoms with E-state index in [2.05, 4.69) is 5.32 Å². The lowest BCUT2D eigenvalue weighted by Gasteiger charge is -2.31. The van der Waals surface area contributed by atoms with Crippen LogP contribution in [0.3, 0.4) is 0 Å². The minimum absolute atomic E-state index is 0.135. The van der Waals surface area contributed by atoms with Gasteiger partial charge in [-0.3, -0.25) is 4.79 Å². The molecule has 1 rings (SSSR count).